The highest BCUT2D eigenvalue weighted by molar-refractivity contribution is 5.84. The third-order valence-corrected chi connectivity index (χ3v) is 6.21. The van der Waals surface area contributed by atoms with Crippen molar-refractivity contribution in [3.05, 3.63) is 0 Å². The van der Waals surface area contributed by atoms with E-state index < -0.39 is 0 Å². The van der Waals surface area contributed by atoms with E-state index in [1.807, 2.05) is 4.90 Å². The fraction of sp³-hybridized carbons (Fsp3) is 0.941. The Labute approximate surface area is 132 Å². The second-order valence-corrected chi connectivity index (χ2v) is 7.37. The van der Waals surface area contributed by atoms with Crippen molar-refractivity contribution in [2.75, 3.05) is 46.0 Å². The molecule has 3 heterocycles. The molecule has 0 aromatic heterocycles. The number of likely N-dealkylation sites (tertiary alicyclic amines) is 1. The second-order valence-electron chi connectivity index (χ2n) is 7.37. The summed E-state index contributed by atoms with van der Waals surface area (Å²) < 4.78 is 11.4. The molecular formula is C17H28N2O3. The summed E-state index contributed by atoms with van der Waals surface area (Å²) in [6.45, 7) is 5.62. The summed E-state index contributed by atoms with van der Waals surface area (Å²) in [6, 6.07) is 0.705. The van der Waals surface area contributed by atoms with Crippen molar-refractivity contribution < 1.29 is 14.3 Å². The van der Waals surface area contributed by atoms with Crippen LogP contribution in [0.4, 0.5) is 0 Å². The highest BCUT2D eigenvalue weighted by Gasteiger charge is 2.55. The molecule has 124 valence electrons. The van der Waals surface area contributed by atoms with E-state index in [0.717, 1.165) is 45.6 Å². The lowest BCUT2D eigenvalue weighted by Crippen LogP contribution is -2.60. The number of carbonyl (C=O) groups excluding carboxylic acids is 1. The van der Waals surface area contributed by atoms with Crippen LogP contribution in [0.3, 0.4) is 0 Å². The number of morpholine rings is 1. The van der Waals surface area contributed by atoms with Crippen molar-refractivity contribution >= 4 is 5.91 Å². The smallest absolute Gasteiger partial charge is 0.232 e. The minimum absolute atomic E-state index is 0.139. The normalized spacial score (nSPS) is 37.5. The van der Waals surface area contributed by atoms with Gasteiger partial charge in [-0.05, 0) is 25.7 Å². The number of nitrogens with zero attached hydrogens (tertiary/aromatic N) is 2. The topological polar surface area (TPSA) is 42.0 Å². The molecule has 4 aliphatic rings. The van der Waals surface area contributed by atoms with Crippen LogP contribution in [0.25, 0.3) is 0 Å². The Morgan fingerprint density at radius 3 is 2.55 bits per heavy atom. The third kappa shape index (κ3) is 2.47. The van der Waals surface area contributed by atoms with Gasteiger partial charge < -0.3 is 14.4 Å². The van der Waals surface area contributed by atoms with Crippen molar-refractivity contribution in [2.24, 2.45) is 5.41 Å². The first-order valence-electron chi connectivity index (χ1n) is 9.02. The summed E-state index contributed by atoms with van der Waals surface area (Å²) in [5.41, 5.74) is -0.280. The highest BCUT2D eigenvalue weighted by atomic mass is 16.5. The molecule has 0 spiro atoms. The van der Waals surface area contributed by atoms with Gasteiger partial charge in [0.05, 0.1) is 24.7 Å². The van der Waals surface area contributed by atoms with Gasteiger partial charge in [-0.2, -0.15) is 0 Å². The molecule has 1 amide bonds. The third-order valence-electron chi connectivity index (χ3n) is 6.21. The maximum Gasteiger partial charge on any atom is 0.232 e. The van der Waals surface area contributed by atoms with Crippen molar-refractivity contribution in [3.8, 4) is 0 Å². The van der Waals surface area contributed by atoms with Gasteiger partial charge in [-0.1, -0.05) is 12.8 Å². The van der Waals surface area contributed by atoms with Gasteiger partial charge in [0, 0.05) is 38.8 Å². The number of hydrogen-bond acceptors (Lipinski definition) is 4. The van der Waals surface area contributed by atoms with Gasteiger partial charge in [0.1, 0.15) is 0 Å². The van der Waals surface area contributed by atoms with Crippen molar-refractivity contribution in [3.63, 3.8) is 0 Å². The number of rotatable bonds is 2. The van der Waals surface area contributed by atoms with Crippen molar-refractivity contribution in [1.82, 2.24) is 9.80 Å². The van der Waals surface area contributed by atoms with Crippen LogP contribution in [0.2, 0.25) is 0 Å². The number of amides is 1. The molecule has 4 rings (SSSR count). The molecule has 3 aliphatic heterocycles. The summed E-state index contributed by atoms with van der Waals surface area (Å²) in [5, 5.41) is 0. The number of carbonyl (C=O) groups is 1. The number of hydrogen-bond donors (Lipinski definition) is 0. The summed E-state index contributed by atoms with van der Waals surface area (Å²) in [6.07, 6.45) is 7.39. The SMILES string of the molecule is O=C(N1CCOCC1)[C@@]12CCO[C@@H]1CCN(C1CCCC1)C2. The second kappa shape index (κ2) is 6.10. The quantitative estimate of drug-likeness (QED) is 0.770. The fourth-order valence-electron chi connectivity index (χ4n) is 4.94. The molecule has 0 unspecified atom stereocenters. The van der Waals surface area contributed by atoms with Crippen LogP contribution in [0, 0.1) is 5.41 Å². The molecular weight excluding hydrogens is 280 g/mol. The molecule has 0 aromatic rings. The average Bonchev–Trinajstić information content (AvgIpc) is 3.24. The Balaban J connectivity index is 1.53. The van der Waals surface area contributed by atoms with E-state index in [-0.39, 0.29) is 11.5 Å². The Bertz CT molecular complexity index is 418. The molecule has 2 atom stereocenters. The molecule has 0 radical (unpaired) electrons. The van der Waals surface area contributed by atoms with E-state index >= 15 is 0 Å². The van der Waals surface area contributed by atoms with Crippen LogP contribution in [-0.4, -0.2) is 73.9 Å². The molecule has 5 heteroatoms. The van der Waals surface area contributed by atoms with Gasteiger partial charge in [-0.15, -0.1) is 0 Å². The van der Waals surface area contributed by atoms with E-state index in [9.17, 15) is 4.79 Å². The monoisotopic (exact) mass is 308 g/mol. The van der Waals surface area contributed by atoms with Crippen molar-refractivity contribution in [2.45, 2.75) is 50.7 Å². The molecule has 0 N–H and O–H groups in total. The molecule has 1 aliphatic carbocycles. The lowest BCUT2D eigenvalue weighted by atomic mass is 9.74. The van der Waals surface area contributed by atoms with E-state index in [2.05, 4.69) is 4.90 Å². The predicted octanol–water partition coefficient (Wildman–Crippen LogP) is 1.27. The van der Waals surface area contributed by atoms with Crippen LogP contribution in [-0.2, 0) is 14.3 Å². The lowest BCUT2D eigenvalue weighted by Gasteiger charge is -2.47. The van der Waals surface area contributed by atoms with Crippen LogP contribution in [0.15, 0.2) is 0 Å². The zero-order chi connectivity index (χ0) is 15.0. The number of piperidine rings is 1. The van der Waals surface area contributed by atoms with Gasteiger partial charge in [-0.3, -0.25) is 9.69 Å². The molecule has 3 saturated heterocycles. The fourth-order valence-corrected chi connectivity index (χ4v) is 4.94. The molecule has 4 fully saturated rings. The molecule has 0 bridgehead atoms. The van der Waals surface area contributed by atoms with E-state index in [0.29, 0.717) is 25.2 Å². The van der Waals surface area contributed by atoms with E-state index in [1.54, 1.807) is 0 Å². The number of ether oxygens (including phenoxy) is 2. The largest absolute Gasteiger partial charge is 0.378 e. The zero-order valence-electron chi connectivity index (χ0n) is 13.5. The standard InChI is InChI=1S/C17H28N2O3/c20-16(18-8-11-21-12-9-18)17-6-10-22-15(17)5-7-19(13-17)14-3-1-2-4-14/h14-15H,1-13H2/t15-,17-/m1/s1. The first-order chi connectivity index (χ1) is 10.8. The van der Waals surface area contributed by atoms with Crippen LogP contribution in [0.1, 0.15) is 38.5 Å². The maximum atomic E-state index is 13.3. The summed E-state index contributed by atoms with van der Waals surface area (Å²) in [5.74, 6) is 0.334. The van der Waals surface area contributed by atoms with Crippen LogP contribution < -0.4 is 0 Å². The maximum absolute atomic E-state index is 13.3. The van der Waals surface area contributed by atoms with E-state index in [1.165, 1.54) is 25.7 Å². The highest BCUT2D eigenvalue weighted by Crippen LogP contribution is 2.44. The van der Waals surface area contributed by atoms with Crippen LogP contribution in [0.5, 0.6) is 0 Å². The molecule has 22 heavy (non-hydrogen) atoms. The number of fused-ring (bicyclic) bond motifs is 1. The summed E-state index contributed by atoms with van der Waals surface area (Å²) >= 11 is 0. The first-order valence-corrected chi connectivity index (χ1v) is 9.02. The van der Waals surface area contributed by atoms with Crippen molar-refractivity contribution in [1.29, 1.82) is 0 Å². The summed E-state index contributed by atoms with van der Waals surface area (Å²) in [4.78, 5) is 17.9. The van der Waals surface area contributed by atoms with Gasteiger partial charge in [0.25, 0.3) is 0 Å². The first kappa shape index (κ1) is 14.9. The Morgan fingerprint density at radius 1 is 1.00 bits per heavy atom. The Morgan fingerprint density at radius 2 is 1.77 bits per heavy atom. The van der Waals surface area contributed by atoms with Gasteiger partial charge in [-0.25, -0.2) is 0 Å². The van der Waals surface area contributed by atoms with Gasteiger partial charge >= 0.3 is 0 Å². The van der Waals surface area contributed by atoms with E-state index in [4.69, 9.17) is 9.47 Å². The Kier molecular flexibility index (Phi) is 4.13. The predicted molar refractivity (Wildman–Crippen MR) is 82.6 cm³/mol. The molecule has 0 aromatic carbocycles. The Hall–Kier alpha value is -0.650. The average molecular weight is 308 g/mol. The van der Waals surface area contributed by atoms with Crippen LogP contribution >= 0.6 is 0 Å². The molecule has 5 nitrogen and oxygen atoms in total. The summed E-state index contributed by atoms with van der Waals surface area (Å²) in [7, 11) is 0. The van der Waals surface area contributed by atoms with Gasteiger partial charge in [0.2, 0.25) is 5.91 Å². The van der Waals surface area contributed by atoms with Gasteiger partial charge in [0.15, 0.2) is 0 Å². The zero-order valence-corrected chi connectivity index (χ0v) is 13.5. The minimum atomic E-state index is -0.280. The minimum Gasteiger partial charge on any atom is -0.378 e. The molecule has 1 saturated carbocycles. The lowest BCUT2D eigenvalue weighted by molar-refractivity contribution is -0.155.